The summed E-state index contributed by atoms with van der Waals surface area (Å²) in [4.78, 5) is 26.2. The Kier molecular flexibility index (Phi) is 4.99. The lowest BCUT2D eigenvalue weighted by molar-refractivity contribution is -0.146. The van der Waals surface area contributed by atoms with Crippen LogP contribution in [0.15, 0.2) is 18.2 Å². The highest BCUT2D eigenvalue weighted by atomic mass is 16.5. The van der Waals surface area contributed by atoms with Gasteiger partial charge in [-0.1, -0.05) is 24.6 Å². The van der Waals surface area contributed by atoms with E-state index in [4.69, 9.17) is 4.74 Å². The molecule has 0 aliphatic carbocycles. The van der Waals surface area contributed by atoms with E-state index >= 15 is 0 Å². The Morgan fingerprint density at radius 3 is 2.81 bits per heavy atom. The molecule has 0 bridgehead atoms. The number of carbonyl (C=O) groups is 2. The number of likely N-dealkylation sites (tertiary alicyclic amines) is 1. The van der Waals surface area contributed by atoms with Crippen LogP contribution in [0.25, 0.3) is 0 Å². The van der Waals surface area contributed by atoms with E-state index in [0.717, 1.165) is 36.0 Å². The van der Waals surface area contributed by atoms with Crippen LogP contribution in [-0.4, -0.2) is 37.0 Å². The molecule has 0 saturated carbocycles. The number of methoxy groups -OCH3 is 1. The number of esters is 1. The molecule has 1 aliphatic rings. The van der Waals surface area contributed by atoms with Crippen LogP contribution in [0.3, 0.4) is 0 Å². The molecule has 1 amide bonds. The van der Waals surface area contributed by atoms with Crippen LogP contribution in [0.5, 0.6) is 0 Å². The first-order valence-electron chi connectivity index (χ1n) is 7.53. The molecule has 4 nitrogen and oxygen atoms in total. The average molecular weight is 289 g/mol. The molecule has 0 radical (unpaired) electrons. The van der Waals surface area contributed by atoms with Gasteiger partial charge in [0.15, 0.2) is 0 Å². The van der Waals surface area contributed by atoms with Crippen molar-refractivity contribution in [1.82, 2.24) is 4.90 Å². The molecule has 1 heterocycles. The lowest BCUT2D eigenvalue weighted by Crippen LogP contribution is -2.42. The molecule has 114 valence electrons. The number of aryl methyl sites for hydroxylation is 2. The zero-order valence-corrected chi connectivity index (χ0v) is 13.0. The van der Waals surface area contributed by atoms with Gasteiger partial charge in [-0.15, -0.1) is 0 Å². The number of hydrogen-bond acceptors (Lipinski definition) is 3. The predicted octanol–water partition coefficient (Wildman–Crippen LogP) is 2.58. The molecular weight excluding hydrogens is 266 g/mol. The van der Waals surface area contributed by atoms with Crippen molar-refractivity contribution in [2.75, 3.05) is 20.2 Å². The second kappa shape index (κ2) is 6.74. The minimum absolute atomic E-state index is 0.0282. The van der Waals surface area contributed by atoms with E-state index in [0.29, 0.717) is 13.1 Å². The molecule has 1 unspecified atom stereocenters. The van der Waals surface area contributed by atoms with Gasteiger partial charge in [-0.2, -0.15) is 0 Å². The number of benzene rings is 1. The number of ether oxygens (including phenoxy) is 1. The van der Waals surface area contributed by atoms with Gasteiger partial charge in [0.25, 0.3) is 5.91 Å². The van der Waals surface area contributed by atoms with Crippen molar-refractivity contribution in [3.63, 3.8) is 0 Å². The van der Waals surface area contributed by atoms with Crippen molar-refractivity contribution in [3.8, 4) is 0 Å². The summed E-state index contributed by atoms with van der Waals surface area (Å²) in [6.45, 7) is 5.26. The highest BCUT2D eigenvalue weighted by Crippen LogP contribution is 2.22. The Labute approximate surface area is 126 Å². The van der Waals surface area contributed by atoms with Gasteiger partial charge < -0.3 is 9.64 Å². The number of hydrogen-bond donors (Lipinski definition) is 0. The Hall–Kier alpha value is -1.84. The number of amides is 1. The number of rotatable bonds is 3. The number of piperidine rings is 1. The molecule has 2 rings (SSSR count). The summed E-state index contributed by atoms with van der Waals surface area (Å²) in [5, 5.41) is 0. The van der Waals surface area contributed by atoms with Crippen molar-refractivity contribution in [2.45, 2.75) is 33.1 Å². The molecule has 1 aromatic rings. The molecule has 0 aromatic heterocycles. The quantitative estimate of drug-likeness (QED) is 0.804. The Bertz CT molecular complexity index is 539. The van der Waals surface area contributed by atoms with Gasteiger partial charge in [-0.05, 0) is 37.8 Å². The van der Waals surface area contributed by atoms with Gasteiger partial charge >= 0.3 is 5.97 Å². The van der Waals surface area contributed by atoms with Gasteiger partial charge in [-0.25, -0.2) is 0 Å². The van der Waals surface area contributed by atoms with E-state index in [1.54, 1.807) is 4.90 Å². The van der Waals surface area contributed by atoms with E-state index in [9.17, 15) is 9.59 Å². The predicted molar refractivity (Wildman–Crippen MR) is 81.2 cm³/mol. The summed E-state index contributed by atoms with van der Waals surface area (Å²) in [7, 11) is 1.40. The second-order valence-corrected chi connectivity index (χ2v) is 5.63. The first-order chi connectivity index (χ1) is 10.1. The molecule has 1 aromatic carbocycles. The molecular formula is C17H23NO3. The van der Waals surface area contributed by atoms with E-state index in [2.05, 4.69) is 13.0 Å². The summed E-state index contributed by atoms with van der Waals surface area (Å²) in [6, 6.07) is 5.93. The molecule has 1 atom stereocenters. The van der Waals surface area contributed by atoms with Crippen molar-refractivity contribution in [3.05, 3.63) is 34.9 Å². The average Bonchev–Trinajstić information content (AvgIpc) is 2.53. The fourth-order valence-corrected chi connectivity index (χ4v) is 2.91. The van der Waals surface area contributed by atoms with Gasteiger partial charge in [0.2, 0.25) is 0 Å². The van der Waals surface area contributed by atoms with Crippen LogP contribution in [0.1, 0.15) is 41.3 Å². The van der Waals surface area contributed by atoms with Gasteiger partial charge in [-0.3, -0.25) is 9.59 Å². The molecule has 4 heteroatoms. The van der Waals surface area contributed by atoms with Gasteiger partial charge in [0.1, 0.15) is 0 Å². The second-order valence-electron chi connectivity index (χ2n) is 5.63. The molecule has 1 aliphatic heterocycles. The van der Waals surface area contributed by atoms with Crippen LogP contribution in [-0.2, 0) is 16.0 Å². The largest absolute Gasteiger partial charge is 0.469 e. The van der Waals surface area contributed by atoms with Crippen LogP contribution >= 0.6 is 0 Å². The SMILES string of the molecule is CCc1cc(C)ccc1C(=O)N1CCCC(C(=O)OC)C1. The first kappa shape index (κ1) is 15.5. The molecule has 21 heavy (non-hydrogen) atoms. The topological polar surface area (TPSA) is 46.6 Å². The van der Waals surface area contributed by atoms with Crippen molar-refractivity contribution < 1.29 is 14.3 Å². The summed E-state index contributed by atoms with van der Waals surface area (Å²) >= 11 is 0. The molecule has 0 spiro atoms. The maximum atomic E-state index is 12.7. The Morgan fingerprint density at radius 2 is 2.14 bits per heavy atom. The van der Waals surface area contributed by atoms with E-state index in [1.165, 1.54) is 7.11 Å². The van der Waals surface area contributed by atoms with Crippen molar-refractivity contribution in [1.29, 1.82) is 0 Å². The zero-order chi connectivity index (χ0) is 15.4. The maximum Gasteiger partial charge on any atom is 0.310 e. The lowest BCUT2D eigenvalue weighted by Gasteiger charge is -2.31. The minimum atomic E-state index is -0.216. The number of nitrogens with zero attached hydrogens (tertiary/aromatic N) is 1. The van der Waals surface area contributed by atoms with Crippen LogP contribution < -0.4 is 0 Å². The normalized spacial score (nSPS) is 18.4. The monoisotopic (exact) mass is 289 g/mol. The summed E-state index contributed by atoms with van der Waals surface area (Å²) in [5.74, 6) is -0.379. The number of carbonyl (C=O) groups excluding carboxylic acids is 2. The van der Waals surface area contributed by atoms with E-state index in [-0.39, 0.29) is 17.8 Å². The van der Waals surface area contributed by atoms with Gasteiger partial charge in [0, 0.05) is 18.7 Å². The van der Waals surface area contributed by atoms with Crippen LogP contribution in [0.2, 0.25) is 0 Å². The third-order valence-electron chi connectivity index (χ3n) is 4.12. The standard InChI is InChI=1S/C17H23NO3/c1-4-13-10-12(2)7-8-15(13)16(19)18-9-5-6-14(11-18)17(20)21-3/h7-8,10,14H,4-6,9,11H2,1-3H3. The molecule has 1 saturated heterocycles. The summed E-state index contributed by atoms with van der Waals surface area (Å²) in [5.41, 5.74) is 2.99. The highest BCUT2D eigenvalue weighted by molar-refractivity contribution is 5.96. The Balaban J connectivity index is 2.18. The van der Waals surface area contributed by atoms with E-state index in [1.807, 2.05) is 19.1 Å². The third-order valence-corrected chi connectivity index (χ3v) is 4.12. The van der Waals surface area contributed by atoms with Gasteiger partial charge in [0.05, 0.1) is 13.0 Å². The summed E-state index contributed by atoms with van der Waals surface area (Å²) in [6.07, 6.45) is 2.47. The smallest absolute Gasteiger partial charge is 0.310 e. The van der Waals surface area contributed by atoms with Crippen LogP contribution in [0.4, 0.5) is 0 Å². The maximum absolute atomic E-state index is 12.7. The first-order valence-corrected chi connectivity index (χ1v) is 7.53. The minimum Gasteiger partial charge on any atom is -0.469 e. The molecule has 0 N–H and O–H groups in total. The third kappa shape index (κ3) is 3.43. The van der Waals surface area contributed by atoms with Crippen LogP contribution in [0, 0.1) is 12.8 Å². The summed E-state index contributed by atoms with van der Waals surface area (Å²) < 4.78 is 4.81. The Morgan fingerprint density at radius 1 is 1.38 bits per heavy atom. The van der Waals surface area contributed by atoms with Crippen molar-refractivity contribution in [2.24, 2.45) is 5.92 Å². The van der Waals surface area contributed by atoms with E-state index < -0.39 is 0 Å². The fraction of sp³-hybridized carbons (Fsp3) is 0.529. The fourth-order valence-electron chi connectivity index (χ4n) is 2.91. The van der Waals surface area contributed by atoms with Crippen molar-refractivity contribution >= 4 is 11.9 Å². The zero-order valence-electron chi connectivity index (χ0n) is 13.0. The lowest BCUT2D eigenvalue weighted by atomic mass is 9.96. The highest BCUT2D eigenvalue weighted by Gasteiger charge is 2.30. The molecule has 1 fully saturated rings.